The maximum atomic E-state index is 4.52. The summed E-state index contributed by atoms with van der Waals surface area (Å²) in [6.45, 7) is 4.41. The fraction of sp³-hybridized carbons (Fsp3) is 0.143. The van der Waals surface area contributed by atoms with Crippen molar-refractivity contribution < 1.29 is 17.1 Å². The molecule has 5 rings (SSSR count). The summed E-state index contributed by atoms with van der Waals surface area (Å²) in [4.78, 5) is 1.33. The molecule has 4 aromatic carbocycles. The molecule has 0 unspecified atom stereocenters. The third kappa shape index (κ3) is 6.37. The Morgan fingerprint density at radius 1 is 0.882 bits per heavy atom. The van der Waals surface area contributed by atoms with Crippen LogP contribution in [0.25, 0.3) is 0 Å². The summed E-state index contributed by atoms with van der Waals surface area (Å²) in [7, 11) is -0.724. The summed E-state index contributed by atoms with van der Waals surface area (Å²) in [5.74, 6) is 1.06. The molecule has 0 saturated heterocycles. The summed E-state index contributed by atoms with van der Waals surface area (Å²) in [6, 6.07) is 38.1. The topological polar surface area (TPSA) is 30.7 Å². The van der Waals surface area contributed by atoms with Gasteiger partial charge in [0.2, 0.25) is 0 Å². The number of thioether (sulfide) groups is 1. The van der Waals surface area contributed by atoms with Crippen LogP contribution >= 0.6 is 19.7 Å². The molecule has 3 nitrogen and oxygen atoms in total. The molecule has 5 aromatic rings. The number of aromatic nitrogens is 3. The van der Waals surface area contributed by atoms with Crippen LogP contribution in [0.3, 0.4) is 0 Å². The van der Waals surface area contributed by atoms with Crippen LogP contribution in [0.5, 0.6) is 0 Å². The second-order valence-corrected chi connectivity index (χ2v) is 10.9. The molecule has 0 N–H and O–H groups in total. The van der Waals surface area contributed by atoms with E-state index in [9.17, 15) is 0 Å². The summed E-state index contributed by atoms with van der Waals surface area (Å²) in [5.41, 5.74) is 2.49. The third-order valence-corrected chi connectivity index (χ3v) is 8.67. The van der Waals surface area contributed by atoms with Crippen molar-refractivity contribution in [2.24, 2.45) is 0 Å². The molecule has 1 heterocycles. The maximum Gasteiger partial charge on any atom is 2.00 e. The minimum Gasteiger partial charge on any atom is -0.250 e. The molecule has 6 heteroatoms. The first-order valence-corrected chi connectivity index (χ1v) is 13.5. The van der Waals surface area contributed by atoms with Gasteiger partial charge in [-0.2, -0.15) is 47.7 Å². The number of nitrogens with zero attached hydrogens (tertiary/aromatic N) is 3. The molecule has 0 spiro atoms. The van der Waals surface area contributed by atoms with Crippen molar-refractivity contribution in [2.75, 3.05) is 5.75 Å². The van der Waals surface area contributed by atoms with Crippen molar-refractivity contribution in [1.82, 2.24) is 15.0 Å². The normalized spacial score (nSPS) is 11.4. The predicted octanol–water partition coefficient (Wildman–Crippen LogP) is 5.88. The minimum absolute atomic E-state index is 0. The molecule has 0 saturated carbocycles. The Labute approximate surface area is 218 Å². The smallest absolute Gasteiger partial charge is 0.250 e. The quantitative estimate of drug-likeness (QED) is 0.115. The monoisotopic (exact) mass is 525 g/mol. The van der Waals surface area contributed by atoms with Crippen molar-refractivity contribution in [1.29, 1.82) is 0 Å². The van der Waals surface area contributed by atoms with Gasteiger partial charge in [-0.05, 0) is 16.4 Å². The zero-order chi connectivity index (χ0) is 22.9. The summed E-state index contributed by atoms with van der Waals surface area (Å²) >= 11 is 1.88. The van der Waals surface area contributed by atoms with Crippen LogP contribution in [0.2, 0.25) is 0 Å². The van der Waals surface area contributed by atoms with Crippen LogP contribution in [0.15, 0.2) is 120 Å². The van der Waals surface area contributed by atoms with E-state index in [0.29, 0.717) is 0 Å². The first kappa shape index (κ1) is 26.2. The van der Waals surface area contributed by atoms with Gasteiger partial charge in [0.1, 0.15) is 0 Å². The molecular formula is C28H28FeN3PS. The molecule has 0 aliphatic heterocycles. The van der Waals surface area contributed by atoms with Crippen LogP contribution in [-0.2, 0) is 17.1 Å². The molecular weight excluding hydrogens is 497 g/mol. The van der Waals surface area contributed by atoms with Gasteiger partial charge in [0.25, 0.3) is 0 Å². The fourth-order valence-corrected chi connectivity index (χ4v) is 6.99. The average molecular weight is 525 g/mol. The molecule has 1 aromatic heterocycles. The molecule has 0 aliphatic carbocycles. The molecule has 0 amide bonds. The molecule has 1 atom stereocenters. The van der Waals surface area contributed by atoms with Gasteiger partial charge in [0.05, 0.1) is 11.6 Å². The van der Waals surface area contributed by atoms with E-state index in [2.05, 4.69) is 108 Å². The van der Waals surface area contributed by atoms with E-state index in [4.69, 9.17) is 0 Å². The van der Waals surface area contributed by atoms with Gasteiger partial charge < -0.3 is 0 Å². The van der Waals surface area contributed by atoms with Gasteiger partial charge in [0.15, 0.2) is 0 Å². The van der Waals surface area contributed by atoms with Crippen LogP contribution in [0.4, 0.5) is 0 Å². The van der Waals surface area contributed by atoms with Crippen molar-refractivity contribution in [3.8, 4) is 0 Å². The largest absolute Gasteiger partial charge is 2.00 e. The second kappa shape index (κ2) is 13.5. The molecule has 174 valence electrons. The number of hydrogen-bond acceptors (Lipinski definition) is 3. The fourth-order valence-electron chi connectivity index (χ4n) is 3.74. The van der Waals surface area contributed by atoms with E-state index >= 15 is 0 Å². The Morgan fingerprint density at radius 2 is 1.50 bits per heavy atom. The predicted molar refractivity (Wildman–Crippen MR) is 143 cm³/mol. The zero-order valence-electron chi connectivity index (χ0n) is 19.3. The van der Waals surface area contributed by atoms with Crippen molar-refractivity contribution in [2.45, 2.75) is 24.8 Å². The first-order chi connectivity index (χ1) is 16.3. The average Bonchev–Trinajstić information content (AvgIpc) is 3.64. The maximum absolute atomic E-state index is 4.52. The number of hydrogen-bond donors (Lipinski definition) is 0. The number of benzene rings is 2. The first-order valence-electron chi connectivity index (χ1n) is 11.1. The standard InChI is InChI=1S/C23H23N3PS.C5H5.Fe/c1-3-28-22-16-10-15-21(22)18(2)26-23(17-24-25-26)27(19-11-6-4-7-12-19)20-13-8-5-9-14-20;1-2-4-5-3-1;/h4-18H,3H2,1-2H3;1-5H;/q2*-1;+2/t18-;;/m0../s1. The van der Waals surface area contributed by atoms with E-state index in [0.717, 1.165) is 5.75 Å². The van der Waals surface area contributed by atoms with Gasteiger partial charge in [-0.1, -0.05) is 79.7 Å². The Hall–Kier alpha value is -2.42. The van der Waals surface area contributed by atoms with E-state index in [1.54, 1.807) is 0 Å². The van der Waals surface area contributed by atoms with Gasteiger partial charge in [-0.15, -0.1) is 9.99 Å². The van der Waals surface area contributed by atoms with Gasteiger partial charge in [0, 0.05) is 14.0 Å². The number of rotatable bonds is 7. The molecule has 0 aliphatic rings. The third-order valence-electron chi connectivity index (χ3n) is 5.29. The van der Waals surface area contributed by atoms with Gasteiger partial charge in [-0.25, -0.2) is 22.9 Å². The Bertz CT molecular complexity index is 1150. The molecule has 0 fully saturated rings. The summed E-state index contributed by atoms with van der Waals surface area (Å²) in [5, 5.41) is 11.5. The van der Waals surface area contributed by atoms with Gasteiger partial charge in [-0.3, -0.25) is 0 Å². The van der Waals surface area contributed by atoms with Crippen LogP contribution in [-0.4, -0.2) is 20.7 Å². The van der Waals surface area contributed by atoms with Crippen molar-refractivity contribution in [3.05, 3.63) is 121 Å². The second-order valence-electron chi connectivity index (χ2n) is 7.46. The van der Waals surface area contributed by atoms with Gasteiger partial charge >= 0.3 is 17.1 Å². The van der Waals surface area contributed by atoms with Crippen molar-refractivity contribution in [3.63, 3.8) is 0 Å². The van der Waals surface area contributed by atoms with E-state index in [-0.39, 0.29) is 23.1 Å². The van der Waals surface area contributed by atoms with E-state index < -0.39 is 7.92 Å². The SMILES string of the molecule is CCSc1[cH-]ccc1[C@H](C)n1nncc1P(c1ccccc1)c1ccccc1.[Fe+2].c1cc[cH-]c1. The Kier molecular flexibility index (Phi) is 10.4. The minimum atomic E-state index is -0.724. The van der Waals surface area contributed by atoms with Crippen LogP contribution < -0.4 is 16.0 Å². The Balaban J connectivity index is 0.000000481. The van der Waals surface area contributed by atoms with Crippen molar-refractivity contribution >= 4 is 35.7 Å². The summed E-state index contributed by atoms with van der Waals surface area (Å²) in [6.07, 6.45) is 1.94. The van der Waals surface area contributed by atoms with E-state index in [1.165, 1.54) is 26.5 Å². The molecule has 0 radical (unpaired) electrons. The zero-order valence-corrected chi connectivity index (χ0v) is 22.1. The summed E-state index contributed by atoms with van der Waals surface area (Å²) < 4.78 is 2.11. The van der Waals surface area contributed by atoms with Crippen LogP contribution in [0, 0.1) is 0 Å². The van der Waals surface area contributed by atoms with E-state index in [1.807, 2.05) is 48.3 Å². The molecule has 34 heavy (non-hydrogen) atoms. The Morgan fingerprint density at radius 3 is 2.03 bits per heavy atom. The van der Waals surface area contributed by atoms with Crippen LogP contribution in [0.1, 0.15) is 25.5 Å². The molecule has 0 bridgehead atoms.